The number of hydrogen-bond acceptors (Lipinski definition) is 5. The van der Waals surface area contributed by atoms with Crippen molar-refractivity contribution in [3.8, 4) is 22.5 Å². The topological polar surface area (TPSA) is 66.0 Å². The van der Waals surface area contributed by atoms with E-state index >= 15 is 0 Å². The van der Waals surface area contributed by atoms with E-state index in [4.69, 9.17) is 9.72 Å². The van der Waals surface area contributed by atoms with Crippen molar-refractivity contribution < 1.29 is 14.3 Å². The van der Waals surface area contributed by atoms with Gasteiger partial charge in [0.05, 0.1) is 11.4 Å². The minimum atomic E-state index is 0.0522. The quantitative estimate of drug-likeness (QED) is 0.517. The number of nitrogens with zero attached hydrogens (tertiary/aromatic N) is 4. The Hall–Kier alpha value is -3.55. The third-order valence-corrected chi connectivity index (χ3v) is 7.41. The number of aromatic nitrogens is 1. The monoisotopic (exact) mass is 498 g/mol. The highest BCUT2D eigenvalue weighted by Gasteiger charge is 2.30. The lowest BCUT2D eigenvalue weighted by Gasteiger charge is -2.42. The Labute approximate surface area is 218 Å². The van der Waals surface area contributed by atoms with Crippen LogP contribution in [0.2, 0.25) is 0 Å². The first-order valence-electron chi connectivity index (χ1n) is 13.1. The summed E-state index contributed by atoms with van der Waals surface area (Å²) in [6, 6.07) is 24.3. The summed E-state index contributed by atoms with van der Waals surface area (Å²) in [5.41, 5.74) is 4.27. The summed E-state index contributed by atoms with van der Waals surface area (Å²) in [6.07, 6.45) is 1.93. The molecule has 2 fully saturated rings. The normalized spacial score (nSPS) is 17.1. The van der Waals surface area contributed by atoms with Crippen LogP contribution in [0.5, 0.6) is 0 Å². The fourth-order valence-electron chi connectivity index (χ4n) is 5.34. The summed E-state index contributed by atoms with van der Waals surface area (Å²) < 4.78 is 4.99. The molecule has 1 aromatic heterocycles. The molecule has 192 valence electrons. The molecule has 0 radical (unpaired) electrons. The molecule has 3 aromatic rings. The number of piperazine rings is 1. The van der Waals surface area contributed by atoms with Crippen LogP contribution in [0.15, 0.2) is 72.8 Å². The van der Waals surface area contributed by atoms with Crippen molar-refractivity contribution >= 4 is 11.8 Å². The molecule has 3 heterocycles. The van der Waals surface area contributed by atoms with E-state index in [2.05, 4.69) is 4.90 Å². The first-order chi connectivity index (χ1) is 18.1. The second-order valence-corrected chi connectivity index (χ2v) is 9.73. The van der Waals surface area contributed by atoms with Crippen LogP contribution in [0.1, 0.15) is 23.2 Å². The maximum absolute atomic E-state index is 13.7. The molecule has 0 spiro atoms. The number of carbonyl (C=O) groups is 2. The molecule has 2 aliphatic heterocycles. The van der Waals surface area contributed by atoms with Gasteiger partial charge in [-0.05, 0) is 25.0 Å². The van der Waals surface area contributed by atoms with E-state index in [-0.39, 0.29) is 18.4 Å². The SMILES string of the molecule is COCC(=O)N1CCC(N2CCN(C(=O)c3cc(-c4ccccc4)nc(-c4ccccc4)c3)CC2)CC1. The third kappa shape index (κ3) is 5.89. The van der Waals surface area contributed by atoms with Crippen molar-refractivity contribution in [2.24, 2.45) is 0 Å². The summed E-state index contributed by atoms with van der Waals surface area (Å²) in [4.78, 5) is 37.0. The minimum absolute atomic E-state index is 0.0522. The molecule has 0 unspecified atom stereocenters. The van der Waals surface area contributed by atoms with Gasteiger partial charge in [0.15, 0.2) is 0 Å². The average molecular weight is 499 g/mol. The zero-order chi connectivity index (χ0) is 25.6. The Kier molecular flexibility index (Phi) is 7.92. The lowest BCUT2D eigenvalue weighted by molar-refractivity contribution is -0.136. The fraction of sp³-hybridized carbons (Fsp3) is 0.367. The number of piperidine rings is 1. The van der Waals surface area contributed by atoms with Gasteiger partial charge in [-0.1, -0.05) is 60.7 Å². The van der Waals surface area contributed by atoms with Crippen LogP contribution in [0.4, 0.5) is 0 Å². The zero-order valence-corrected chi connectivity index (χ0v) is 21.4. The first-order valence-corrected chi connectivity index (χ1v) is 13.1. The Balaban J connectivity index is 1.27. The van der Waals surface area contributed by atoms with Crippen molar-refractivity contribution in [2.75, 3.05) is 53.0 Å². The van der Waals surface area contributed by atoms with Crippen LogP contribution in [-0.4, -0.2) is 90.5 Å². The summed E-state index contributed by atoms with van der Waals surface area (Å²) >= 11 is 0. The molecule has 37 heavy (non-hydrogen) atoms. The Morgan fingerprint density at radius 1 is 0.784 bits per heavy atom. The van der Waals surface area contributed by atoms with Crippen LogP contribution >= 0.6 is 0 Å². The molecule has 5 rings (SSSR count). The number of rotatable bonds is 6. The predicted molar refractivity (Wildman–Crippen MR) is 144 cm³/mol. The Morgan fingerprint density at radius 3 is 1.84 bits per heavy atom. The van der Waals surface area contributed by atoms with Crippen molar-refractivity contribution in [3.63, 3.8) is 0 Å². The maximum atomic E-state index is 13.7. The lowest BCUT2D eigenvalue weighted by atomic mass is 10.0. The van der Waals surface area contributed by atoms with Gasteiger partial charge in [-0.25, -0.2) is 4.98 Å². The summed E-state index contributed by atoms with van der Waals surface area (Å²) in [5, 5.41) is 0. The van der Waals surface area contributed by atoms with E-state index in [1.54, 1.807) is 7.11 Å². The molecule has 0 aliphatic carbocycles. The largest absolute Gasteiger partial charge is 0.375 e. The van der Waals surface area contributed by atoms with Gasteiger partial charge in [-0.15, -0.1) is 0 Å². The van der Waals surface area contributed by atoms with E-state index in [1.165, 1.54) is 0 Å². The summed E-state index contributed by atoms with van der Waals surface area (Å²) in [6.45, 7) is 4.80. The highest BCUT2D eigenvalue weighted by molar-refractivity contribution is 5.96. The summed E-state index contributed by atoms with van der Waals surface area (Å²) in [5.74, 6) is 0.120. The standard InChI is InChI=1S/C30H34N4O3/c1-37-22-29(35)33-14-12-26(13-15-33)32-16-18-34(19-17-32)30(36)25-20-27(23-8-4-2-5-9-23)31-28(21-25)24-10-6-3-7-11-24/h2-11,20-21,26H,12-19,22H2,1H3. The number of benzene rings is 2. The molecule has 2 saturated heterocycles. The van der Waals surface area contributed by atoms with E-state index in [9.17, 15) is 9.59 Å². The molecule has 0 N–H and O–H groups in total. The average Bonchev–Trinajstić information content (AvgIpc) is 2.98. The molecule has 0 atom stereocenters. The van der Waals surface area contributed by atoms with Gasteiger partial charge in [0, 0.05) is 69.1 Å². The second-order valence-electron chi connectivity index (χ2n) is 9.73. The van der Waals surface area contributed by atoms with Crippen molar-refractivity contribution in [3.05, 3.63) is 78.4 Å². The molecular formula is C30H34N4O3. The fourth-order valence-corrected chi connectivity index (χ4v) is 5.34. The van der Waals surface area contributed by atoms with E-state index < -0.39 is 0 Å². The molecule has 7 nitrogen and oxygen atoms in total. The number of amides is 2. The van der Waals surface area contributed by atoms with Crippen LogP contribution in [0.25, 0.3) is 22.5 Å². The van der Waals surface area contributed by atoms with Gasteiger partial charge in [0.2, 0.25) is 5.91 Å². The number of hydrogen-bond donors (Lipinski definition) is 0. The van der Waals surface area contributed by atoms with E-state index in [0.717, 1.165) is 61.5 Å². The van der Waals surface area contributed by atoms with Gasteiger partial charge in [0.25, 0.3) is 5.91 Å². The smallest absolute Gasteiger partial charge is 0.254 e. The van der Waals surface area contributed by atoms with Gasteiger partial charge in [-0.2, -0.15) is 0 Å². The number of likely N-dealkylation sites (tertiary alicyclic amines) is 1. The first kappa shape index (κ1) is 25.1. The molecule has 0 bridgehead atoms. The van der Waals surface area contributed by atoms with Crippen molar-refractivity contribution in [1.29, 1.82) is 0 Å². The Morgan fingerprint density at radius 2 is 1.32 bits per heavy atom. The highest BCUT2D eigenvalue weighted by Crippen LogP contribution is 2.26. The maximum Gasteiger partial charge on any atom is 0.254 e. The zero-order valence-electron chi connectivity index (χ0n) is 21.4. The molecule has 0 saturated carbocycles. The molecular weight excluding hydrogens is 464 g/mol. The molecule has 7 heteroatoms. The van der Waals surface area contributed by atoms with Crippen LogP contribution in [-0.2, 0) is 9.53 Å². The molecule has 2 aliphatic rings. The van der Waals surface area contributed by atoms with Crippen LogP contribution < -0.4 is 0 Å². The van der Waals surface area contributed by atoms with E-state index in [1.807, 2.05) is 82.6 Å². The minimum Gasteiger partial charge on any atom is -0.375 e. The van der Waals surface area contributed by atoms with Crippen molar-refractivity contribution in [1.82, 2.24) is 19.7 Å². The van der Waals surface area contributed by atoms with E-state index in [0.29, 0.717) is 24.7 Å². The van der Waals surface area contributed by atoms with Crippen LogP contribution in [0, 0.1) is 0 Å². The summed E-state index contributed by atoms with van der Waals surface area (Å²) in [7, 11) is 1.56. The van der Waals surface area contributed by atoms with Crippen LogP contribution in [0.3, 0.4) is 0 Å². The Bertz CT molecular complexity index is 1140. The molecule has 2 amide bonds. The lowest BCUT2D eigenvalue weighted by Crippen LogP contribution is -2.55. The number of methoxy groups -OCH3 is 1. The van der Waals surface area contributed by atoms with Gasteiger partial charge >= 0.3 is 0 Å². The number of pyridine rings is 1. The predicted octanol–water partition coefficient (Wildman–Crippen LogP) is 3.81. The van der Waals surface area contributed by atoms with Gasteiger partial charge in [0.1, 0.15) is 6.61 Å². The highest BCUT2D eigenvalue weighted by atomic mass is 16.5. The van der Waals surface area contributed by atoms with Gasteiger partial charge < -0.3 is 14.5 Å². The number of carbonyl (C=O) groups excluding carboxylic acids is 2. The van der Waals surface area contributed by atoms with Gasteiger partial charge in [-0.3, -0.25) is 14.5 Å². The second kappa shape index (κ2) is 11.7. The number of ether oxygens (including phenoxy) is 1. The van der Waals surface area contributed by atoms with Crippen molar-refractivity contribution in [2.45, 2.75) is 18.9 Å². The molecule has 2 aromatic carbocycles. The third-order valence-electron chi connectivity index (χ3n) is 7.41.